The molecule has 4 nitrogen and oxygen atoms in total. The van der Waals surface area contributed by atoms with Gasteiger partial charge in [0, 0.05) is 5.56 Å². The summed E-state index contributed by atoms with van der Waals surface area (Å²) in [5.41, 5.74) is 3.27. The van der Waals surface area contributed by atoms with Crippen molar-refractivity contribution in [3.8, 4) is 11.5 Å². The molecule has 134 valence electrons. The van der Waals surface area contributed by atoms with E-state index in [1.807, 2.05) is 42.5 Å². The van der Waals surface area contributed by atoms with Crippen LogP contribution < -0.4 is 14.8 Å². The Morgan fingerprint density at radius 2 is 1.85 bits per heavy atom. The second-order valence-corrected chi connectivity index (χ2v) is 7.55. The normalized spacial score (nSPS) is 15.2. The van der Waals surface area contributed by atoms with Crippen LogP contribution in [-0.4, -0.2) is 23.4 Å². The van der Waals surface area contributed by atoms with Crippen molar-refractivity contribution in [1.82, 2.24) is 5.32 Å². The molecule has 1 aliphatic heterocycles. The SMILES string of the molecule is Cc1ccc(OCCOc2ccccc2C=C2SC(=S)NC2=O)cc1C. The maximum Gasteiger partial charge on any atom is 0.263 e. The zero-order valence-electron chi connectivity index (χ0n) is 14.6. The van der Waals surface area contributed by atoms with Crippen molar-refractivity contribution >= 4 is 40.3 Å². The van der Waals surface area contributed by atoms with Gasteiger partial charge in [0.25, 0.3) is 5.91 Å². The van der Waals surface area contributed by atoms with E-state index in [4.69, 9.17) is 21.7 Å². The van der Waals surface area contributed by atoms with Gasteiger partial charge in [-0.1, -0.05) is 48.2 Å². The van der Waals surface area contributed by atoms with Gasteiger partial charge in [-0.3, -0.25) is 4.79 Å². The minimum atomic E-state index is -0.173. The Labute approximate surface area is 162 Å². The van der Waals surface area contributed by atoms with E-state index in [-0.39, 0.29) is 5.91 Å². The second-order valence-electron chi connectivity index (χ2n) is 5.83. The highest BCUT2D eigenvalue weighted by Gasteiger charge is 2.22. The monoisotopic (exact) mass is 385 g/mol. The van der Waals surface area contributed by atoms with Crippen LogP contribution in [0.5, 0.6) is 11.5 Å². The molecule has 0 aliphatic carbocycles. The predicted molar refractivity (Wildman–Crippen MR) is 110 cm³/mol. The van der Waals surface area contributed by atoms with Gasteiger partial charge in [-0.15, -0.1) is 0 Å². The first kappa shape index (κ1) is 18.5. The van der Waals surface area contributed by atoms with Crippen molar-refractivity contribution in [1.29, 1.82) is 0 Å². The number of aryl methyl sites for hydroxylation is 2. The Morgan fingerprint density at radius 1 is 1.08 bits per heavy atom. The molecule has 0 radical (unpaired) electrons. The van der Waals surface area contributed by atoms with Crippen molar-refractivity contribution in [2.75, 3.05) is 13.2 Å². The molecule has 1 saturated heterocycles. The fourth-order valence-corrected chi connectivity index (χ4v) is 3.44. The summed E-state index contributed by atoms with van der Waals surface area (Å²) in [5, 5.41) is 2.61. The van der Waals surface area contributed by atoms with Gasteiger partial charge in [0.1, 0.15) is 29.0 Å². The first-order valence-electron chi connectivity index (χ1n) is 8.19. The van der Waals surface area contributed by atoms with Gasteiger partial charge < -0.3 is 14.8 Å². The van der Waals surface area contributed by atoms with Crippen molar-refractivity contribution in [2.45, 2.75) is 13.8 Å². The van der Waals surface area contributed by atoms with Crippen LogP contribution in [-0.2, 0) is 4.79 Å². The lowest BCUT2D eigenvalue weighted by Gasteiger charge is -2.11. The van der Waals surface area contributed by atoms with Crippen LogP contribution >= 0.6 is 24.0 Å². The number of carbonyl (C=O) groups is 1. The molecule has 1 fully saturated rings. The molecule has 1 heterocycles. The Bertz CT molecular complexity index is 877. The number of carbonyl (C=O) groups excluding carboxylic acids is 1. The predicted octanol–water partition coefficient (Wildman–Crippen LogP) is 4.25. The molecule has 2 aromatic carbocycles. The molecule has 0 spiro atoms. The van der Waals surface area contributed by atoms with Crippen molar-refractivity contribution in [2.24, 2.45) is 0 Å². The molecule has 0 atom stereocenters. The van der Waals surface area contributed by atoms with Crippen LogP contribution in [0.2, 0.25) is 0 Å². The van der Waals surface area contributed by atoms with Gasteiger partial charge in [0.2, 0.25) is 0 Å². The molecule has 1 aliphatic rings. The third-order valence-electron chi connectivity index (χ3n) is 3.94. The summed E-state index contributed by atoms with van der Waals surface area (Å²) >= 11 is 6.27. The third-order valence-corrected chi connectivity index (χ3v) is 5.10. The molecule has 3 rings (SSSR count). The summed E-state index contributed by atoms with van der Waals surface area (Å²) < 4.78 is 12.1. The Kier molecular flexibility index (Phi) is 5.96. The molecule has 1 N–H and O–H groups in total. The maximum absolute atomic E-state index is 11.8. The molecule has 0 aromatic heterocycles. The van der Waals surface area contributed by atoms with E-state index in [0.717, 1.165) is 11.3 Å². The highest BCUT2D eigenvalue weighted by atomic mass is 32.2. The first-order valence-corrected chi connectivity index (χ1v) is 9.42. The topological polar surface area (TPSA) is 47.6 Å². The summed E-state index contributed by atoms with van der Waals surface area (Å²) in [4.78, 5) is 12.4. The third kappa shape index (κ3) is 4.65. The van der Waals surface area contributed by atoms with E-state index in [1.165, 1.54) is 22.9 Å². The Hall–Kier alpha value is -2.31. The van der Waals surface area contributed by atoms with Crippen molar-refractivity contribution < 1.29 is 14.3 Å². The Morgan fingerprint density at radius 3 is 2.58 bits per heavy atom. The number of hydrogen-bond acceptors (Lipinski definition) is 5. The van der Waals surface area contributed by atoms with Crippen molar-refractivity contribution in [3.63, 3.8) is 0 Å². The number of amides is 1. The van der Waals surface area contributed by atoms with Gasteiger partial charge >= 0.3 is 0 Å². The summed E-state index contributed by atoms with van der Waals surface area (Å²) in [7, 11) is 0. The Balaban J connectivity index is 1.60. The maximum atomic E-state index is 11.8. The zero-order chi connectivity index (χ0) is 18.5. The average Bonchev–Trinajstić information content (AvgIpc) is 2.93. The van der Waals surface area contributed by atoms with Crippen LogP contribution in [0, 0.1) is 13.8 Å². The smallest absolute Gasteiger partial charge is 0.263 e. The van der Waals surface area contributed by atoms with E-state index in [0.29, 0.717) is 28.2 Å². The molecular weight excluding hydrogens is 366 g/mol. The van der Waals surface area contributed by atoms with E-state index in [9.17, 15) is 4.79 Å². The average molecular weight is 386 g/mol. The van der Waals surface area contributed by atoms with E-state index in [2.05, 4.69) is 19.2 Å². The molecule has 2 aromatic rings. The summed E-state index contributed by atoms with van der Waals surface area (Å²) in [5.74, 6) is 1.36. The number of nitrogens with one attached hydrogen (secondary N) is 1. The van der Waals surface area contributed by atoms with Gasteiger partial charge in [-0.05, 0) is 49.2 Å². The number of hydrogen-bond donors (Lipinski definition) is 1. The van der Waals surface area contributed by atoms with E-state index >= 15 is 0 Å². The largest absolute Gasteiger partial charge is 0.490 e. The summed E-state index contributed by atoms with van der Waals surface area (Å²) in [6.45, 7) is 4.98. The number of ether oxygens (including phenoxy) is 2. The van der Waals surface area contributed by atoms with Gasteiger partial charge in [-0.2, -0.15) is 0 Å². The van der Waals surface area contributed by atoms with Crippen LogP contribution in [0.25, 0.3) is 6.08 Å². The standard InChI is InChI=1S/C20H19NO3S2/c1-13-7-8-16(11-14(13)2)23-9-10-24-17-6-4-3-5-15(17)12-18-19(22)21-20(25)26-18/h3-8,11-12H,9-10H2,1-2H3,(H,21,22,25). The molecule has 0 unspecified atom stereocenters. The molecule has 1 amide bonds. The fourth-order valence-electron chi connectivity index (χ4n) is 2.41. The number of thioether (sulfide) groups is 1. The van der Waals surface area contributed by atoms with Crippen LogP contribution in [0.15, 0.2) is 47.4 Å². The molecular formula is C20H19NO3S2. The quantitative estimate of drug-likeness (QED) is 0.458. The van der Waals surface area contributed by atoms with Crippen molar-refractivity contribution in [3.05, 3.63) is 64.1 Å². The highest BCUT2D eigenvalue weighted by Crippen LogP contribution is 2.29. The number of benzene rings is 2. The number of rotatable bonds is 6. The van der Waals surface area contributed by atoms with E-state index < -0.39 is 0 Å². The molecule has 0 saturated carbocycles. The van der Waals surface area contributed by atoms with Crippen LogP contribution in [0.3, 0.4) is 0 Å². The summed E-state index contributed by atoms with van der Waals surface area (Å²) in [6, 6.07) is 13.6. The molecule has 26 heavy (non-hydrogen) atoms. The minimum Gasteiger partial charge on any atom is -0.490 e. The van der Waals surface area contributed by atoms with Gasteiger partial charge in [0.05, 0.1) is 4.91 Å². The number of thiocarbonyl (C=S) groups is 1. The zero-order valence-corrected chi connectivity index (χ0v) is 16.2. The fraction of sp³-hybridized carbons (Fsp3) is 0.200. The lowest BCUT2D eigenvalue weighted by Crippen LogP contribution is -2.17. The lowest BCUT2D eigenvalue weighted by molar-refractivity contribution is -0.115. The lowest BCUT2D eigenvalue weighted by atomic mass is 10.1. The van der Waals surface area contributed by atoms with E-state index in [1.54, 1.807) is 6.08 Å². The molecule has 0 bridgehead atoms. The van der Waals surface area contributed by atoms with Gasteiger partial charge in [-0.25, -0.2) is 0 Å². The first-order chi connectivity index (χ1) is 12.5. The van der Waals surface area contributed by atoms with Crippen LogP contribution in [0.4, 0.5) is 0 Å². The molecule has 6 heteroatoms. The van der Waals surface area contributed by atoms with Crippen LogP contribution in [0.1, 0.15) is 16.7 Å². The highest BCUT2D eigenvalue weighted by molar-refractivity contribution is 8.26. The summed E-state index contributed by atoms with van der Waals surface area (Å²) in [6.07, 6.45) is 1.79. The van der Waals surface area contributed by atoms with Gasteiger partial charge in [0.15, 0.2) is 0 Å². The second kappa shape index (κ2) is 8.38. The number of para-hydroxylation sites is 1. The minimum absolute atomic E-state index is 0.173.